The van der Waals surface area contributed by atoms with Gasteiger partial charge < -0.3 is 15.6 Å². The summed E-state index contributed by atoms with van der Waals surface area (Å²) in [7, 11) is 0. The molecule has 6 heteroatoms. The fourth-order valence-electron chi connectivity index (χ4n) is 1.23. The van der Waals surface area contributed by atoms with E-state index in [0.29, 0.717) is 5.95 Å². The highest BCUT2D eigenvalue weighted by Crippen LogP contribution is 2.08. The summed E-state index contributed by atoms with van der Waals surface area (Å²) in [5.74, 6) is 0.636. The number of hydrogen-bond acceptors (Lipinski definition) is 3. The number of halogens is 2. The van der Waals surface area contributed by atoms with Crippen molar-refractivity contribution in [3.63, 3.8) is 0 Å². The fourth-order valence-corrected chi connectivity index (χ4v) is 1.23. The Morgan fingerprint density at radius 3 is 2.92 bits per heavy atom. The second kappa shape index (κ2) is 4.54. The number of nitrogen functional groups attached to an aromatic ring is 1. The molecular weight excluding hydrogens is 199 g/mol. The van der Waals surface area contributed by atoms with E-state index in [1.54, 1.807) is 0 Å². The molecule has 2 rings (SSSR count). The van der Waals surface area contributed by atoms with Gasteiger partial charge in [-0.3, -0.25) is 0 Å². The van der Waals surface area contributed by atoms with Crippen LogP contribution in [0, 0.1) is 0 Å². The van der Waals surface area contributed by atoms with Crippen LogP contribution in [0.25, 0.3) is 0 Å². The standard InChI is InChI=1S/C6H10N4.2ClH/c7-6-9-4-5-3-8-1-2-10(5)6;;/h4,8H,1-3H2,(H2,7,9);2*1H. The Morgan fingerprint density at radius 1 is 1.50 bits per heavy atom. The third kappa shape index (κ3) is 1.83. The zero-order chi connectivity index (χ0) is 6.97. The highest BCUT2D eigenvalue weighted by molar-refractivity contribution is 5.85. The lowest BCUT2D eigenvalue weighted by Gasteiger charge is -2.15. The molecule has 4 nitrogen and oxygen atoms in total. The monoisotopic (exact) mass is 210 g/mol. The van der Waals surface area contributed by atoms with Crippen LogP contribution in [-0.2, 0) is 13.1 Å². The second-order valence-electron chi connectivity index (χ2n) is 2.44. The molecule has 1 aliphatic rings. The molecule has 1 aliphatic heterocycles. The predicted molar refractivity (Wildman–Crippen MR) is 52.8 cm³/mol. The number of nitrogens with two attached hydrogens (primary N) is 1. The lowest BCUT2D eigenvalue weighted by Crippen LogP contribution is -2.28. The summed E-state index contributed by atoms with van der Waals surface area (Å²) < 4.78 is 2.04. The number of fused-ring (bicyclic) bond motifs is 1. The Bertz CT molecular complexity index is 248. The van der Waals surface area contributed by atoms with E-state index in [1.807, 2.05) is 10.8 Å². The lowest BCUT2D eigenvalue weighted by molar-refractivity contribution is 0.521. The largest absolute Gasteiger partial charge is 0.369 e. The van der Waals surface area contributed by atoms with Gasteiger partial charge in [-0.1, -0.05) is 0 Å². The van der Waals surface area contributed by atoms with Crippen molar-refractivity contribution in [1.29, 1.82) is 0 Å². The number of nitrogens with zero attached hydrogens (tertiary/aromatic N) is 2. The maximum atomic E-state index is 5.59. The topological polar surface area (TPSA) is 55.9 Å². The van der Waals surface area contributed by atoms with E-state index in [1.165, 1.54) is 5.69 Å². The number of rotatable bonds is 0. The molecule has 0 saturated heterocycles. The minimum Gasteiger partial charge on any atom is -0.369 e. The van der Waals surface area contributed by atoms with Crippen molar-refractivity contribution in [3.8, 4) is 0 Å². The second-order valence-corrected chi connectivity index (χ2v) is 2.44. The van der Waals surface area contributed by atoms with E-state index < -0.39 is 0 Å². The summed E-state index contributed by atoms with van der Waals surface area (Å²) >= 11 is 0. The molecule has 70 valence electrons. The van der Waals surface area contributed by atoms with Gasteiger partial charge in [0.05, 0.1) is 11.9 Å². The van der Waals surface area contributed by atoms with E-state index in [-0.39, 0.29) is 24.8 Å². The summed E-state index contributed by atoms with van der Waals surface area (Å²) in [6.45, 7) is 2.83. The van der Waals surface area contributed by atoms with E-state index in [0.717, 1.165) is 19.6 Å². The van der Waals surface area contributed by atoms with Crippen LogP contribution >= 0.6 is 24.8 Å². The van der Waals surface area contributed by atoms with Crippen LogP contribution in [0.5, 0.6) is 0 Å². The Labute approximate surface area is 83.4 Å². The van der Waals surface area contributed by atoms with Crippen molar-refractivity contribution in [3.05, 3.63) is 11.9 Å². The van der Waals surface area contributed by atoms with Crippen LogP contribution in [-0.4, -0.2) is 16.1 Å². The Balaban J connectivity index is 0.000000605. The summed E-state index contributed by atoms with van der Waals surface area (Å²) in [5.41, 5.74) is 6.77. The molecule has 3 N–H and O–H groups in total. The minimum absolute atomic E-state index is 0. The zero-order valence-electron chi connectivity index (χ0n) is 6.49. The first-order valence-corrected chi connectivity index (χ1v) is 3.38. The zero-order valence-corrected chi connectivity index (χ0v) is 8.12. The number of nitrogens with one attached hydrogen (secondary N) is 1. The van der Waals surface area contributed by atoms with Crippen LogP contribution < -0.4 is 11.1 Å². The van der Waals surface area contributed by atoms with Gasteiger partial charge in [-0.2, -0.15) is 0 Å². The molecule has 0 aromatic carbocycles. The maximum absolute atomic E-state index is 5.59. The fraction of sp³-hybridized carbons (Fsp3) is 0.500. The molecule has 0 saturated carbocycles. The molecule has 0 fully saturated rings. The van der Waals surface area contributed by atoms with Crippen molar-refractivity contribution in [2.24, 2.45) is 0 Å². The van der Waals surface area contributed by atoms with Crippen molar-refractivity contribution < 1.29 is 0 Å². The summed E-state index contributed by atoms with van der Waals surface area (Å²) in [5, 5.41) is 3.24. The molecule has 12 heavy (non-hydrogen) atoms. The quantitative estimate of drug-likeness (QED) is 0.653. The third-order valence-corrected chi connectivity index (χ3v) is 1.79. The molecule has 0 bridgehead atoms. The van der Waals surface area contributed by atoms with E-state index in [2.05, 4.69) is 10.3 Å². The van der Waals surface area contributed by atoms with Gasteiger partial charge in [-0.05, 0) is 0 Å². The van der Waals surface area contributed by atoms with Crippen LogP contribution in [0.4, 0.5) is 5.95 Å². The minimum atomic E-state index is 0. The molecule has 0 radical (unpaired) electrons. The van der Waals surface area contributed by atoms with Gasteiger partial charge in [-0.15, -0.1) is 24.8 Å². The van der Waals surface area contributed by atoms with Crippen LogP contribution in [0.15, 0.2) is 6.20 Å². The number of imidazole rings is 1. The molecule has 0 atom stereocenters. The van der Waals surface area contributed by atoms with Crippen LogP contribution in [0.2, 0.25) is 0 Å². The summed E-state index contributed by atoms with van der Waals surface area (Å²) in [4.78, 5) is 4.00. The smallest absolute Gasteiger partial charge is 0.200 e. The first kappa shape index (κ1) is 11.6. The molecule has 2 heterocycles. The number of aromatic nitrogens is 2. The maximum Gasteiger partial charge on any atom is 0.200 e. The van der Waals surface area contributed by atoms with Crippen LogP contribution in [0.3, 0.4) is 0 Å². The summed E-state index contributed by atoms with van der Waals surface area (Å²) in [6, 6.07) is 0. The SMILES string of the molecule is Cl.Cl.Nc1ncc2n1CCNC2. The van der Waals surface area contributed by atoms with Gasteiger partial charge in [0.2, 0.25) is 0 Å². The normalized spacial score (nSPS) is 14.0. The van der Waals surface area contributed by atoms with Gasteiger partial charge in [0, 0.05) is 19.6 Å². The van der Waals surface area contributed by atoms with Gasteiger partial charge in [0.25, 0.3) is 0 Å². The molecule has 1 aromatic heterocycles. The average Bonchev–Trinajstić information content (AvgIpc) is 2.34. The Kier molecular flexibility index (Phi) is 4.37. The van der Waals surface area contributed by atoms with Crippen molar-refractivity contribution in [1.82, 2.24) is 14.9 Å². The molecule has 0 unspecified atom stereocenters. The third-order valence-electron chi connectivity index (χ3n) is 1.79. The van der Waals surface area contributed by atoms with Gasteiger partial charge in [0.1, 0.15) is 0 Å². The lowest BCUT2D eigenvalue weighted by atomic mass is 10.4. The Hall–Kier alpha value is -0.450. The molecule has 0 aliphatic carbocycles. The molecule has 0 spiro atoms. The van der Waals surface area contributed by atoms with Gasteiger partial charge >= 0.3 is 0 Å². The van der Waals surface area contributed by atoms with E-state index in [9.17, 15) is 0 Å². The number of anilines is 1. The van der Waals surface area contributed by atoms with E-state index >= 15 is 0 Å². The van der Waals surface area contributed by atoms with Crippen molar-refractivity contribution in [2.75, 3.05) is 12.3 Å². The van der Waals surface area contributed by atoms with Gasteiger partial charge in [-0.25, -0.2) is 4.98 Å². The van der Waals surface area contributed by atoms with Crippen molar-refractivity contribution in [2.45, 2.75) is 13.1 Å². The number of hydrogen-bond donors (Lipinski definition) is 2. The highest BCUT2D eigenvalue weighted by atomic mass is 35.5. The summed E-state index contributed by atoms with van der Waals surface area (Å²) in [6.07, 6.45) is 1.82. The van der Waals surface area contributed by atoms with Gasteiger partial charge in [0.15, 0.2) is 5.95 Å². The first-order chi connectivity index (χ1) is 4.88. The molecule has 1 aromatic rings. The Morgan fingerprint density at radius 2 is 2.25 bits per heavy atom. The molecule has 0 amide bonds. The average molecular weight is 211 g/mol. The van der Waals surface area contributed by atoms with E-state index in [4.69, 9.17) is 5.73 Å². The highest BCUT2D eigenvalue weighted by Gasteiger charge is 2.09. The van der Waals surface area contributed by atoms with Crippen LogP contribution in [0.1, 0.15) is 5.69 Å². The first-order valence-electron chi connectivity index (χ1n) is 3.38. The van der Waals surface area contributed by atoms with Crippen molar-refractivity contribution >= 4 is 30.8 Å². The predicted octanol–water partition coefficient (Wildman–Crippen LogP) is 0.412. The molecular formula is C6H12Cl2N4.